The van der Waals surface area contributed by atoms with Crippen LogP contribution in [0, 0.1) is 0 Å². The zero-order valence-corrected chi connectivity index (χ0v) is 10.0. The molecule has 0 saturated heterocycles. The number of hydrogen-bond donors (Lipinski definition) is 0. The van der Waals surface area contributed by atoms with E-state index in [4.69, 9.17) is 16.3 Å². The number of fused-ring (bicyclic) bond motifs is 1. The van der Waals surface area contributed by atoms with Crippen LogP contribution < -0.4 is 0 Å². The highest BCUT2D eigenvalue weighted by Crippen LogP contribution is 2.19. The van der Waals surface area contributed by atoms with Crippen LogP contribution in [0.25, 0.3) is 11.0 Å². The molecule has 0 unspecified atom stereocenters. The van der Waals surface area contributed by atoms with Gasteiger partial charge in [-0.1, -0.05) is 18.5 Å². The molecule has 0 N–H and O–H groups in total. The van der Waals surface area contributed by atoms with Crippen molar-refractivity contribution in [2.45, 2.75) is 20.0 Å². The van der Waals surface area contributed by atoms with Crippen molar-refractivity contribution in [2.75, 3.05) is 6.61 Å². The summed E-state index contributed by atoms with van der Waals surface area (Å²) in [5.41, 5.74) is 0.732. The number of hydrogen-bond acceptors (Lipinski definition) is 4. The third-order valence-corrected chi connectivity index (χ3v) is 2.46. The van der Waals surface area contributed by atoms with Gasteiger partial charge in [0.1, 0.15) is 11.8 Å². The SMILES string of the molecule is CCCOCc1nc(Cl)c2cnn(C)c2n1. The molecular weight excluding hydrogens is 228 g/mol. The summed E-state index contributed by atoms with van der Waals surface area (Å²) in [4.78, 5) is 8.51. The molecule has 16 heavy (non-hydrogen) atoms. The van der Waals surface area contributed by atoms with Crippen LogP contribution in [0.4, 0.5) is 0 Å². The standard InChI is InChI=1S/C10H13ClN4O/c1-3-4-16-6-8-13-9(11)7-5-12-15(2)10(7)14-8/h5H,3-4,6H2,1-2H3. The second-order valence-corrected chi connectivity index (χ2v) is 3.85. The first-order valence-electron chi connectivity index (χ1n) is 5.14. The summed E-state index contributed by atoms with van der Waals surface area (Å²) >= 11 is 6.03. The molecule has 0 saturated carbocycles. The van der Waals surface area contributed by atoms with Gasteiger partial charge in [0.15, 0.2) is 11.5 Å². The summed E-state index contributed by atoms with van der Waals surface area (Å²) in [7, 11) is 1.82. The van der Waals surface area contributed by atoms with Gasteiger partial charge in [-0.2, -0.15) is 5.10 Å². The third kappa shape index (κ3) is 2.15. The van der Waals surface area contributed by atoms with Gasteiger partial charge < -0.3 is 4.74 Å². The van der Waals surface area contributed by atoms with Gasteiger partial charge in [-0.05, 0) is 6.42 Å². The Balaban J connectivity index is 2.29. The number of aromatic nitrogens is 4. The monoisotopic (exact) mass is 240 g/mol. The van der Waals surface area contributed by atoms with Crippen molar-refractivity contribution in [3.05, 3.63) is 17.2 Å². The molecule has 6 heteroatoms. The van der Waals surface area contributed by atoms with Crippen molar-refractivity contribution in [1.82, 2.24) is 19.7 Å². The first-order chi connectivity index (χ1) is 7.72. The predicted molar refractivity (Wildman–Crippen MR) is 61.3 cm³/mol. The maximum atomic E-state index is 6.03. The van der Waals surface area contributed by atoms with Crippen LogP contribution in [0.2, 0.25) is 5.15 Å². The Kier molecular flexibility index (Phi) is 3.36. The topological polar surface area (TPSA) is 52.8 Å². The zero-order chi connectivity index (χ0) is 11.5. The highest BCUT2D eigenvalue weighted by Gasteiger charge is 2.09. The molecule has 0 aliphatic carbocycles. The normalized spacial score (nSPS) is 11.2. The summed E-state index contributed by atoms with van der Waals surface area (Å²) in [6.45, 7) is 3.14. The minimum atomic E-state index is 0.384. The molecule has 2 aromatic heterocycles. The van der Waals surface area contributed by atoms with Gasteiger partial charge in [0.25, 0.3) is 0 Å². The number of halogens is 1. The average Bonchev–Trinajstić information content (AvgIpc) is 2.62. The molecule has 0 radical (unpaired) electrons. The Labute approximate surface area is 98.4 Å². The lowest BCUT2D eigenvalue weighted by molar-refractivity contribution is 0.116. The highest BCUT2D eigenvalue weighted by molar-refractivity contribution is 6.33. The quantitative estimate of drug-likeness (QED) is 0.606. The Morgan fingerprint density at radius 2 is 2.25 bits per heavy atom. The van der Waals surface area contributed by atoms with E-state index in [-0.39, 0.29) is 0 Å². The second kappa shape index (κ2) is 4.76. The molecule has 0 aromatic carbocycles. The lowest BCUT2D eigenvalue weighted by Crippen LogP contribution is -2.02. The van der Waals surface area contributed by atoms with Crippen molar-refractivity contribution in [3.8, 4) is 0 Å². The van der Waals surface area contributed by atoms with Crippen molar-refractivity contribution >= 4 is 22.6 Å². The molecule has 0 bridgehead atoms. The summed E-state index contributed by atoms with van der Waals surface area (Å²) in [6.07, 6.45) is 2.63. The first kappa shape index (κ1) is 11.3. The lowest BCUT2D eigenvalue weighted by Gasteiger charge is -2.03. The number of aryl methyl sites for hydroxylation is 1. The third-order valence-electron chi connectivity index (χ3n) is 2.17. The molecule has 2 rings (SSSR count). The van der Waals surface area contributed by atoms with Crippen LogP contribution in [-0.4, -0.2) is 26.4 Å². The molecule has 0 aliphatic heterocycles. The summed E-state index contributed by atoms with van der Waals surface area (Å²) < 4.78 is 7.05. The van der Waals surface area contributed by atoms with Crippen LogP contribution in [0.5, 0.6) is 0 Å². The van der Waals surface area contributed by atoms with E-state index in [2.05, 4.69) is 22.0 Å². The van der Waals surface area contributed by atoms with Gasteiger partial charge in [-0.15, -0.1) is 0 Å². The number of nitrogens with zero attached hydrogens (tertiary/aromatic N) is 4. The van der Waals surface area contributed by atoms with E-state index in [9.17, 15) is 0 Å². The van der Waals surface area contributed by atoms with Gasteiger partial charge in [0.2, 0.25) is 0 Å². The Morgan fingerprint density at radius 3 is 3.00 bits per heavy atom. The van der Waals surface area contributed by atoms with Crippen LogP contribution in [0.15, 0.2) is 6.20 Å². The van der Waals surface area contributed by atoms with E-state index in [1.165, 1.54) is 0 Å². The van der Waals surface area contributed by atoms with Crippen molar-refractivity contribution in [2.24, 2.45) is 7.05 Å². The van der Waals surface area contributed by atoms with Gasteiger partial charge >= 0.3 is 0 Å². The van der Waals surface area contributed by atoms with Crippen molar-refractivity contribution in [3.63, 3.8) is 0 Å². The molecule has 5 nitrogen and oxygen atoms in total. The van der Waals surface area contributed by atoms with E-state index in [1.807, 2.05) is 7.05 Å². The van der Waals surface area contributed by atoms with E-state index in [0.717, 1.165) is 17.5 Å². The molecule has 2 heterocycles. The Morgan fingerprint density at radius 1 is 1.44 bits per heavy atom. The fourth-order valence-electron chi connectivity index (χ4n) is 1.40. The van der Waals surface area contributed by atoms with Gasteiger partial charge in [-0.3, -0.25) is 4.68 Å². The second-order valence-electron chi connectivity index (χ2n) is 3.49. The Bertz CT molecular complexity index is 497. The van der Waals surface area contributed by atoms with Crippen LogP contribution in [0.3, 0.4) is 0 Å². The van der Waals surface area contributed by atoms with Gasteiger partial charge in [-0.25, -0.2) is 9.97 Å². The number of rotatable bonds is 4. The van der Waals surface area contributed by atoms with Crippen LogP contribution in [0.1, 0.15) is 19.2 Å². The Hall–Kier alpha value is -1.20. The summed E-state index contributed by atoms with van der Waals surface area (Å²) in [6, 6.07) is 0. The van der Waals surface area contributed by atoms with Crippen molar-refractivity contribution < 1.29 is 4.74 Å². The molecular formula is C10H13ClN4O. The van der Waals surface area contributed by atoms with Gasteiger partial charge in [0, 0.05) is 13.7 Å². The lowest BCUT2D eigenvalue weighted by atomic mass is 10.4. The minimum absolute atomic E-state index is 0.384. The van der Waals surface area contributed by atoms with E-state index in [1.54, 1.807) is 10.9 Å². The summed E-state index contributed by atoms with van der Waals surface area (Å²) in [5, 5.41) is 5.27. The minimum Gasteiger partial charge on any atom is -0.373 e. The zero-order valence-electron chi connectivity index (χ0n) is 9.27. The largest absolute Gasteiger partial charge is 0.373 e. The van der Waals surface area contributed by atoms with E-state index in [0.29, 0.717) is 24.2 Å². The van der Waals surface area contributed by atoms with E-state index >= 15 is 0 Å². The van der Waals surface area contributed by atoms with Crippen LogP contribution in [-0.2, 0) is 18.4 Å². The number of ether oxygens (including phenoxy) is 1. The molecule has 0 aliphatic rings. The first-order valence-corrected chi connectivity index (χ1v) is 5.52. The smallest absolute Gasteiger partial charge is 0.162 e. The fraction of sp³-hybridized carbons (Fsp3) is 0.500. The molecule has 0 spiro atoms. The molecule has 0 amide bonds. The maximum Gasteiger partial charge on any atom is 0.162 e. The van der Waals surface area contributed by atoms with Crippen LogP contribution >= 0.6 is 11.6 Å². The predicted octanol–water partition coefficient (Wildman–Crippen LogP) is 1.94. The molecule has 0 atom stereocenters. The van der Waals surface area contributed by atoms with E-state index < -0.39 is 0 Å². The molecule has 0 fully saturated rings. The highest BCUT2D eigenvalue weighted by atomic mass is 35.5. The fourth-order valence-corrected chi connectivity index (χ4v) is 1.63. The van der Waals surface area contributed by atoms with Crippen molar-refractivity contribution in [1.29, 1.82) is 0 Å². The molecule has 86 valence electrons. The molecule has 2 aromatic rings. The average molecular weight is 241 g/mol. The van der Waals surface area contributed by atoms with Gasteiger partial charge in [0.05, 0.1) is 11.6 Å². The summed E-state index contributed by atoms with van der Waals surface area (Å²) in [5.74, 6) is 0.592. The maximum absolute atomic E-state index is 6.03.